The van der Waals surface area contributed by atoms with E-state index in [1.165, 1.54) is 19.2 Å². The number of hydrogen-bond donors (Lipinski definition) is 2. The van der Waals surface area contributed by atoms with Gasteiger partial charge in [-0.2, -0.15) is 13.2 Å². The molecule has 34 heavy (non-hydrogen) atoms. The number of aromatic nitrogens is 1. The first-order chi connectivity index (χ1) is 16.1. The first-order valence-electron chi connectivity index (χ1n) is 10.3. The number of amides is 1. The number of alkyl halides is 3. The molecule has 2 aliphatic heterocycles. The lowest BCUT2D eigenvalue weighted by molar-refractivity contribution is -0.192. The number of carbonyl (C=O) groups is 2. The van der Waals surface area contributed by atoms with E-state index < -0.39 is 18.0 Å². The minimum atomic E-state index is -5.08. The smallest absolute Gasteiger partial charge is 0.490 e. The van der Waals surface area contributed by atoms with Gasteiger partial charge in [0.15, 0.2) is 11.6 Å². The summed E-state index contributed by atoms with van der Waals surface area (Å²) in [6.45, 7) is 2.58. The Labute approximate surface area is 192 Å². The van der Waals surface area contributed by atoms with E-state index in [9.17, 15) is 22.4 Å². The number of ether oxygens (including phenoxy) is 2. The van der Waals surface area contributed by atoms with E-state index >= 15 is 0 Å². The molecule has 0 spiro atoms. The summed E-state index contributed by atoms with van der Waals surface area (Å²) in [4.78, 5) is 27.7. The summed E-state index contributed by atoms with van der Waals surface area (Å²) in [6, 6.07) is 10.1. The molecule has 1 aromatic carbocycles. The van der Waals surface area contributed by atoms with Crippen LogP contribution >= 0.6 is 0 Å². The van der Waals surface area contributed by atoms with Gasteiger partial charge in [-0.15, -0.1) is 0 Å². The molecule has 2 aromatic rings. The fourth-order valence-corrected chi connectivity index (χ4v) is 3.86. The maximum absolute atomic E-state index is 13.9. The normalized spacial score (nSPS) is 21.3. The second-order valence-electron chi connectivity index (χ2n) is 7.75. The molecule has 1 aromatic heterocycles. The van der Waals surface area contributed by atoms with Crippen LogP contribution in [0.15, 0.2) is 42.6 Å². The van der Waals surface area contributed by atoms with Crippen LogP contribution in [0.4, 0.5) is 23.4 Å². The number of rotatable bonds is 5. The molecule has 0 unspecified atom stereocenters. The Kier molecular flexibility index (Phi) is 7.92. The van der Waals surface area contributed by atoms with Crippen molar-refractivity contribution in [2.24, 2.45) is 11.8 Å². The number of halogens is 4. The summed E-state index contributed by atoms with van der Waals surface area (Å²) < 4.78 is 56.5. The Balaban J connectivity index is 0.000000406. The van der Waals surface area contributed by atoms with Crippen molar-refractivity contribution in [2.75, 3.05) is 38.7 Å². The van der Waals surface area contributed by atoms with Gasteiger partial charge in [0.2, 0.25) is 0 Å². The Morgan fingerprint density at radius 2 is 2.00 bits per heavy atom. The number of methoxy groups -OCH3 is 1. The lowest BCUT2D eigenvalue weighted by Gasteiger charge is -2.20. The monoisotopic (exact) mass is 485 g/mol. The van der Waals surface area contributed by atoms with Gasteiger partial charge in [-0.1, -0.05) is 6.07 Å². The lowest BCUT2D eigenvalue weighted by Crippen LogP contribution is -2.32. The molecule has 184 valence electrons. The summed E-state index contributed by atoms with van der Waals surface area (Å²) in [7, 11) is 1.40. The predicted molar refractivity (Wildman–Crippen MR) is 112 cm³/mol. The van der Waals surface area contributed by atoms with Crippen LogP contribution < -0.4 is 10.1 Å². The largest absolute Gasteiger partial charge is 0.494 e. The van der Waals surface area contributed by atoms with Gasteiger partial charge >= 0.3 is 12.1 Å². The van der Waals surface area contributed by atoms with Crippen LogP contribution in [0.25, 0.3) is 0 Å². The topological polar surface area (TPSA) is 101 Å². The molecule has 2 N–H and O–H groups in total. The molecule has 3 atom stereocenters. The van der Waals surface area contributed by atoms with Gasteiger partial charge in [0, 0.05) is 43.2 Å². The van der Waals surface area contributed by atoms with Gasteiger partial charge in [0.05, 0.1) is 19.8 Å². The lowest BCUT2D eigenvalue weighted by atomic mass is 9.93. The quantitative estimate of drug-likeness (QED) is 0.628. The maximum Gasteiger partial charge on any atom is 0.490 e. The Morgan fingerprint density at radius 1 is 1.26 bits per heavy atom. The predicted octanol–water partition coefficient (Wildman–Crippen LogP) is 3.06. The van der Waals surface area contributed by atoms with Gasteiger partial charge in [0.1, 0.15) is 5.82 Å². The third-order valence-corrected chi connectivity index (χ3v) is 5.58. The molecule has 0 radical (unpaired) electrons. The number of hydrogen-bond acceptors (Lipinski definition) is 6. The number of carboxylic acids is 1. The summed E-state index contributed by atoms with van der Waals surface area (Å²) >= 11 is 0. The van der Waals surface area contributed by atoms with Crippen LogP contribution in [0, 0.1) is 17.7 Å². The SMILES string of the molecule is COc1ccc(C(=O)N2C[C@@H]3[C@@H](CNc4ccccn4)CO[C@@H]3C2)cc1F.O=C(O)C(F)(F)F. The number of fused-ring (bicyclic) bond motifs is 1. The number of carboxylic acid groups (broad SMARTS) is 1. The second kappa shape index (κ2) is 10.7. The van der Waals surface area contributed by atoms with E-state index in [1.54, 1.807) is 17.2 Å². The highest BCUT2D eigenvalue weighted by Gasteiger charge is 2.45. The highest BCUT2D eigenvalue weighted by molar-refractivity contribution is 5.94. The van der Waals surface area contributed by atoms with E-state index in [-0.39, 0.29) is 23.7 Å². The zero-order valence-corrected chi connectivity index (χ0v) is 18.1. The molecule has 0 bridgehead atoms. The zero-order valence-electron chi connectivity index (χ0n) is 18.1. The molecule has 12 heteroatoms. The molecule has 8 nitrogen and oxygen atoms in total. The molecule has 1 amide bonds. The molecule has 0 saturated carbocycles. The standard InChI is InChI=1S/C20H22FN3O3.C2HF3O2/c1-26-17-6-5-13(8-16(17)21)20(25)24-10-15-14(12-27-18(15)11-24)9-23-19-4-2-3-7-22-19;3-2(4,5)1(6)7/h2-8,14-15,18H,9-12H2,1H3,(H,22,23);(H,6,7)/t14-,15+,18+;/m0./s1. The Hall–Kier alpha value is -3.41. The van der Waals surface area contributed by atoms with Gasteiger partial charge in [0.25, 0.3) is 5.91 Å². The van der Waals surface area contributed by atoms with Crippen LogP contribution in [0.5, 0.6) is 5.75 Å². The highest BCUT2D eigenvalue weighted by Crippen LogP contribution is 2.34. The van der Waals surface area contributed by atoms with E-state index in [0.717, 1.165) is 12.4 Å². The molecular weight excluding hydrogens is 462 g/mol. The van der Waals surface area contributed by atoms with Gasteiger partial charge in [-0.25, -0.2) is 14.2 Å². The van der Waals surface area contributed by atoms with Crippen LogP contribution in [0.3, 0.4) is 0 Å². The van der Waals surface area contributed by atoms with Crippen molar-refractivity contribution in [3.8, 4) is 5.75 Å². The number of nitrogens with one attached hydrogen (secondary N) is 1. The zero-order chi connectivity index (χ0) is 24.9. The summed E-state index contributed by atoms with van der Waals surface area (Å²) in [5.41, 5.74) is 0.330. The summed E-state index contributed by atoms with van der Waals surface area (Å²) in [5.74, 6) is -1.92. The van der Waals surface area contributed by atoms with E-state index in [1.807, 2.05) is 18.2 Å². The van der Waals surface area contributed by atoms with Crippen LogP contribution in [-0.2, 0) is 9.53 Å². The number of pyridine rings is 1. The van der Waals surface area contributed by atoms with E-state index in [4.69, 9.17) is 19.4 Å². The van der Waals surface area contributed by atoms with Gasteiger partial charge in [-0.05, 0) is 30.3 Å². The molecular formula is C22H23F4N3O5. The molecule has 3 heterocycles. The average molecular weight is 485 g/mol. The fraction of sp³-hybridized carbons (Fsp3) is 0.409. The summed E-state index contributed by atoms with van der Waals surface area (Å²) in [6.07, 6.45) is -3.30. The number of benzene rings is 1. The number of anilines is 1. The van der Waals surface area contributed by atoms with Crippen LogP contribution in [0.1, 0.15) is 10.4 Å². The van der Waals surface area contributed by atoms with Crippen molar-refractivity contribution < 1.29 is 41.7 Å². The maximum atomic E-state index is 13.9. The van der Waals surface area contributed by atoms with Crippen molar-refractivity contribution in [3.05, 3.63) is 54.0 Å². The second-order valence-corrected chi connectivity index (χ2v) is 7.75. The van der Waals surface area contributed by atoms with Gasteiger partial charge < -0.3 is 24.8 Å². The van der Waals surface area contributed by atoms with E-state index in [0.29, 0.717) is 31.2 Å². The van der Waals surface area contributed by atoms with Crippen molar-refractivity contribution in [1.29, 1.82) is 0 Å². The molecule has 2 aliphatic rings. The minimum absolute atomic E-state index is 0.0348. The average Bonchev–Trinajstić information content (AvgIpc) is 3.39. The van der Waals surface area contributed by atoms with E-state index in [2.05, 4.69) is 10.3 Å². The number of carbonyl (C=O) groups excluding carboxylic acids is 1. The number of nitrogens with zero attached hydrogens (tertiary/aromatic N) is 2. The van der Waals surface area contributed by atoms with Crippen molar-refractivity contribution in [2.45, 2.75) is 12.3 Å². The van der Waals surface area contributed by atoms with Crippen LogP contribution in [0.2, 0.25) is 0 Å². The third kappa shape index (κ3) is 6.13. The first kappa shape index (κ1) is 25.2. The Morgan fingerprint density at radius 3 is 2.59 bits per heavy atom. The number of aliphatic carboxylic acids is 1. The summed E-state index contributed by atoms with van der Waals surface area (Å²) in [5, 5.41) is 10.5. The number of likely N-dealkylation sites (tertiary alicyclic amines) is 1. The first-order valence-corrected chi connectivity index (χ1v) is 10.3. The fourth-order valence-electron chi connectivity index (χ4n) is 3.86. The molecule has 2 saturated heterocycles. The third-order valence-electron chi connectivity index (χ3n) is 5.58. The van der Waals surface area contributed by atoms with Crippen molar-refractivity contribution in [3.63, 3.8) is 0 Å². The van der Waals surface area contributed by atoms with Crippen LogP contribution in [-0.4, -0.2) is 72.5 Å². The molecule has 0 aliphatic carbocycles. The van der Waals surface area contributed by atoms with Crippen molar-refractivity contribution >= 4 is 17.7 Å². The molecule has 2 fully saturated rings. The van der Waals surface area contributed by atoms with Crippen molar-refractivity contribution in [1.82, 2.24) is 9.88 Å². The molecule has 4 rings (SSSR count). The Bertz CT molecular complexity index is 1010. The van der Waals surface area contributed by atoms with Gasteiger partial charge in [-0.3, -0.25) is 4.79 Å². The minimum Gasteiger partial charge on any atom is -0.494 e. The highest BCUT2D eigenvalue weighted by atomic mass is 19.4.